The van der Waals surface area contributed by atoms with Crippen LogP contribution in [0.15, 0.2) is 47.0 Å². The average molecular weight is 424 g/mol. The van der Waals surface area contributed by atoms with E-state index in [2.05, 4.69) is 55.9 Å². The highest BCUT2D eigenvalue weighted by Gasteiger charge is 2.31. The molecule has 2 aromatic carbocycles. The van der Waals surface area contributed by atoms with Gasteiger partial charge < -0.3 is 9.64 Å². The summed E-state index contributed by atoms with van der Waals surface area (Å²) in [5, 5.41) is 0. The lowest BCUT2D eigenvalue weighted by Gasteiger charge is -2.26. The molecular weight excluding hydrogens is 395 g/mol. The van der Waals surface area contributed by atoms with Crippen molar-refractivity contribution in [1.29, 1.82) is 0 Å². The third kappa shape index (κ3) is 5.72. The normalized spacial score (nSPS) is 12.2. The van der Waals surface area contributed by atoms with Crippen molar-refractivity contribution in [2.24, 2.45) is 0 Å². The second-order valence-corrected chi connectivity index (χ2v) is 7.77. The smallest absolute Gasteiger partial charge is 0.406 e. The zero-order valence-electron chi connectivity index (χ0n) is 17.8. The summed E-state index contributed by atoms with van der Waals surface area (Å²) in [6, 6.07) is 8.23. The Morgan fingerprint density at radius 1 is 1.17 bits per heavy atom. The predicted molar refractivity (Wildman–Crippen MR) is 117 cm³/mol. The van der Waals surface area contributed by atoms with Gasteiger partial charge in [0.2, 0.25) is 0 Å². The van der Waals surface area contributed by atoms with Crippen LogP contribution in [0.5, 0.6) is 5.75 Å². The molecular formula is C23H28F3NOS. The Bertz CT molecular complexity index is 873. The number of aryl methyl sites for hydroxylation is 1. The number of thioether (sulfide) groups is 1. The highest BCUT2D eigenvalue weighted by Crippen LogP contribution is 2.41. The van der Waals surface area contributed by atoms with E-state index in [1.54, 1.807) is 23.9 Å². The third-order valence-corrected chi connectivity index (χ3v) is 5.76. The lowest BCUT2D eigenvalue weighted by molar-refractivity contribution is -0.274. The van der Waals surface area contributed by atoms with E-state index in [0.29, 0.717) is 0 Å². The lowest BCUT2D eigenvalue weighted by Crippen LogP contribution is -2.17. The molecule has 0 aliphatic carbocycles. The summed E-state index contributed by atoms with van der Waals surface area (Å²) in [6.07, 6.45) is 1.37. The van der Waals surface area contributed by atoms with Crippen LogP contribution in [0.25, 0.3) is 11.1 Å². The molecule has 29 heavy (non-hydrogen) atoms. The molecule has 2 rings (SSSR count). The fraction of sp³-hybridized carbons (Fsp3) is 0.391. The van der Waals surface area contributed by atoms with Gasteiger partial charge in [-0.25, -0.2) is 0 Å². The second kappa shape index (κ2) is 9.61. The number of ether oxygens (including phenoxy) is 1. The van der Waals surface area contributed by atoms with Crippen LogP contribution in [0.1, 0.15) is 38.3 Å². The summed E-state index contributed by atoms with van der Waals surface area (Å²) < 4.78 is 41.4. The van der Waals surface area contributed by atoms with Crippen molar-refractivity contribution in [3.05, 3.63) is 53.2 Å². The standard InChI is InChI=1S/C23H28F3NOS/c1-7-15(3)14-27(5)21-16(4)20(13-17(8-2)22(21)29-6)18-9-11-19(12-10-18)28-23(24,25)26/h9-14H,7-8H2,1-6H3/b15-14+. The molecule has 0 saturated carbocycles. The molecule has 0 unspecified atom stereocenters. The van der Waals surface area contributed by atoms with Crippen LogP contribution < -0.4 is 9.64 Å². The molecule has 0 bridgehead atoms. The van der Waals surface area contributed by atoms with Crippen LogP contribution in [0.4, 0.5) is 18.9 Å². The Kier molecular flexibility index (Phi) is 7.69. The highest BCUT2D eigenvalue weighted by atomic mass is 32.2. The maximum atomic E-state index is 12.5. The molecule has 2 nitrogen and oxygen atoms in total. The molecule has 0 heterocycles. The first-order valence-electron chi connectivity index (χ1n) is 9.58. The molecule has 158 valence electrons. The van der Waals surface area contributed by atoms with Crippen molar-refractivity contribution in [2.75, 3.05) is 18.2 Å². The van der Waals surface area contributed by atoms with Crippen molar-refractivity contribution < 1.29 is 17.9 Å². The Balaban J connectivity index is 2.60. The zero-order chi connectivity index (χ0) is 21.8. The highest BCUT2D eigenvalue weighted by molar-refractivity contribution is 7.98. The number of rotatable bonds is 7. The summed E-state index contributed by atoms with van der Waals surface area (Å²) in [4.78, 5) is 3.39. The van der Waals surface area contributed by atoms with Gasteiger partial charge in [0.05, 0.1) is 5.69 Å². The molecule has 0 aromatic heterocycles. The van der Waals surface area contributed by atoms with E-state index in [9.17, 15) is 13.2 Å². The molecule has 0 spiro atoms. The SMILES string of the molecule is CC/C(C)=C/N(C)c1c(C)c(-c2ccc(OC(F)(F)F)cc2)cc(CC)c1SC. The number of halogens is 3. The van der Waals surface area contributed by atoms with E-state index < -0.39 is 6.36 Å². The number of hydrogen-bond donors (Lipinski definition) is 0. The zero-order valence-corrected chi connectivity index (χ0v) is 18.6. The first-order valence-corrected chi connectivity index (χ1v) is 10.8. The fourth-order valence-electron chi connectivity index (χ4n) is 3.34. The lowest BCUT2D eigenvalue weighted by atomic mass is 9.95. The number of nitrogens with zero attached hydrogens (tertiary/aromatic N) is 1. The number of anilines is 1. The molecule has 0 atom stereocenters. The van der Waals surface area contributed by atoms with Crippen LogP contribution >= 0.6 is 11.8 Å². The molecule has 0 saturated heterocycles. The minimum atomic E-state index is -4.69. The van der Waals surface area contributed by atoms with Crippen LogP contribution in [0.3, 0.4) is 0 Å². The van der Waals surface area contributed by atoms with Crippen LogP contribution in [-0.4, -0.2) is 19.7 Å². The van der Waals surface area contributed by atoms with Gasteiger partial charge in [0.1, 0.15) is 5.75 Å². The third-order valence-electron chi connectivity index (χ3n) is 4.89. The summed E-state index contributed by atoms with van der Waals surface area (Å²) in [5.74, 6) is -0.214. The molecule has 0 fully saturated rings. The van der Waals surface area contributed by atoms with E-state index in [-0.39, 0.29) is 5.75 Å². The van der Waals surface area contributed by atoms with Gasteiger partial charge in [-0.3, -0.25) is 0 Å². The molecule has 2 aromatic rings. The number of alkyl halides is 3. The van der Waals surface area contributed by atoms with Gasteiger partial charge in [-0.05, 0) is 73.4 Å². The number of benzene rings is 2. The molecule has 0 aliphatic heterocycles. The van der Waals surface area contributed by atoms with Crippen molar-refractivity contribution in [2.45, 2.75) is 51.8 Å². The van der Waals surface area contributed by atoms with Crippen molar-refractivity contribution in [1.82, 2.24) is 0 Å². The minimum absolute atomic E-state index is 0.214. The van der Waals surface area contributed by atoms with Crippen LogP contribution in [0.2, 0.25) is 0 Å². The Hall–Kier alpha value is -2.08. The minimum Gasteiger partial charge on any atom is -0.406 e. The Labute approximate surface area is 175 Å². The van der Waals surface area contributed by atoms with Crippen molar-refractivity contribution in [3.8, 4) is 16.9 Å². The van der Waals surface area contributed by atoms with Gasteiger partial charge in [0.25, 0.3) is 0 Å². The molecule has 6 heteroatoms. The molecule has 0 amide bonds. The van der Waals surface area contributed by atoms with Gasteiger partial charge in [-0.2, -0.15) is 0 Å². The van der Waals surface area contributed by atoms with E-state index in [0.717, 1.165) is 35.2 Å². The first kappa shape index (κ1) is 23.2. The monoisotopic (exact) mass is 423 g/mol. The number of allylic oxidation sites excluding steroid dienone is 1. The van der Waals surface area contributed by atoms with E-state index >= 15 is 0 Å². The first-order chi connectivity index (χ1) is 13.6. The number of hydrogen-bond acceptors (Lipinski definition) is 3. The van der Waals surface area contributed by atoms with Gasteiger partial charge in [-0.1, -0.05) is 31.6 Å². The molecule has 0 radical (unpaired) electrons. The Morgan fingerprint density at radius 2 is 1.79 bits per heavy atom. The van der Waals surface area contributed by atoms with E-state index in [1.807, 2.05) is 7.05 Å². The largest absolute Gasteiger partial charge is 0.573 e. The topological polar surface area (TPSA) is 12.5 Å². The second-order valence-electron chi connectivity index (χ2n) is 6.96. The summed E-state index contributed by atoms with van der Waals surface area (Å²) in [7, 11) is 2.05. The summed E-state index contributed by atoms with van der Waals surface area (Å²) in [6.45, 7) is 8.41. The van der Waals surface area contributed by atoms with E-state index in [1.165, 1.54) is 28.2 Å². The van der Waals surface area contributed by atoms with Gasteiger partial charge >= 0.3 is 6.36 Å². The predicted octanol–water partition coefficient (Wildman–Crippen LogP) is 7.59. The summed E-state index contributed by atoms with van der Waals surface area (Å²) >= 11 is 1.72. The molecule has 0 N–H and O–H groups in total. The van der Waals surface area contributed by atoms with Crippen molar-refractivity contribution >= 4 is 17.4 Å². The van der Waals surface area contributed by atoms with Gasteiger partial charge in [0.15, 0.2) is 0 Å². The van der Waals surface area contributed by atoms with Crippen molar-refractivity contribution in [3.63, 3.8) is 0 Å². The average Bonchev–Trinajstić information content (AvgIpc) is 2.66. The van der Waals surface area contributed by atoms with Gasteiger partial charge in [-0.15, -0.1) is 24.9 Å². The maximum Gasteiger partial charge on any atom is 0.573 e. The quantitative estimate of drug-likeness (QED) is 0.426. The van der Waals surface area contributed by atoms with Crippen LogP contribution in [0, 0.1) is 6.92 Å². The maximum absolute atomic E-state index is 12.5. The summed E-state index contributed by atoms with van der Waals surface area (Å²) in [5.41, 5.74) is 6.61. The fourth-order valence-corrected chi connectivity index (χ4v) is 4.29. The Morgan fingerprint density at radius 3 is 2.28 bits per heavy atom. The van der Waals surface area contributed by atoms with Crippen LogP contribution in [-0.2, 0) is 6.42 Å². The van der Waals surface area contributed by atoms with E-state index in [4.69, 9.17) is 0 Å². The molecule has 0 aliphatic rings. The van der Waals surface area contributed by atoms with Gasteiger partial charge in [0, 0.05) is 18.1 Å².